The van der Waals surface area contributed by atoms with Gasteiger partial charge >= 0.3 is 0 Å². The van der Waals surface area contributed by atoms with Gasteiger partial charge in [0.1, 0.15) is 0 Å². The summed E-state index contributed by atoms with van der Waals surface area (Å²) in [7, 11) is 2.18. The SMILES string of the molecule is CCCCNC(N)=NCC(C)N1CCN(C)CC1.I. The molecule has 1 saturated heterocycles. The molecule has 0 aromatic heterocycles. The zero-order chi connectivity index (χ0) is 13.4. The minimum absolute atomic E-state index is 0. The van der Waals surface area contributed by atoms with E-state index in [-0.39, 0.29) is 24.0 Å². The number of piperazine rings is 1. The zero-order valence-corrected chi connectivity index (χ0v) is 14.9. The summed E-state index contributed by atoms with van der Waals surface area (Å²) >= 11 is 0. The number of hydrogen-bond donors (Lipinski definition) is 2. The quantitative estimate of drug-likeness (QED) is 0.310. The topological polar surface area (TPSA) is 56.9 Å². The Hall–Kier alpha value is -0.0800. The molecule has 6 heteroatoms. The van der Waals surface area contributed by atoms with Crippen molar-refractivity contribution >= 4 is 29.9 Å². The molecule has 0 saturated carbocycles. The third-order valence-corrected chi connectivity index (χ3v) is 3.52. The van der Waals surface area contributed by atoms with Gasteiger partial charge < -0.3 is 16.0 Å². The van der Waals surface area contributed by atoms with E-state index >= 15 is 0 Å². The van der Waals surface area contributed by atoms with Crippen LogP contribution in [0.2, 0.25) is 0 Å². The maximum absolute atomic E-state index is 5.83. The van der Waals surface area contributed by atoms with Crippen molar-refractivity contribution in [3.8, 4) is 0 Å². The zero-order valence-electron chi connectivity index (χ0n) is 12.6. The van der Waals surface area contributed by atoms with Crippen LogP contribution in [0, 0.1) is 0 Å². The number of guanidine groups is 1. The summed E-state index contributed by atoms with van der Waals surface area (Å²) < 4.78 is 0. The maximum Gasteiger partial charge on any atom is 0.188 e. The minimum atomic E-state index is 0. The molecular formula is C13H30IN5. The Morgan fingerprint density at radius 2 is 1.95 bits per heavy atom. The molecule has 19 heavy (non-hydrogen) atoms. The monoisotopic (exact) mass is 383 g/mol. The van der Waals surface area contributed by atoms with E-state index in [2.05, 4.69) is 41.0 Å². The van der Waals surface area contributed by atoms with Crippen molar-refractivity contribution in [1.82, 2.24) is 15.1 Å². The third kappa shape index (κ3) is 7.94. The van der Waals surface area contributed by atoms with Gasteiger partial charge in [-0.05, 0) is 20.4 Å². The second kappa shape index (κ2) is 10.7. The van der Waals surface area contributed by atoms with E-state index in [1.807, 2.05) is 0 Å². The predicted octanol–water partition coefficient (Wildman–Crippen LogP) is 0.945. The minimum Gasteiger partial charge on any atom is -0.370 e. The van der Waals surface area contributed by atoms with E-state index in [0.29, 0.717) is 12.0 Å². The van der Waals surface area contributed by atoms with Crippen LogP contribution in [0.4, 0.5) is 0 Å². The van der Waals surface area contributed by atoms with Gasteiger partial charge in [0.05, 0.1) is 6.54 Å². The van der Waals surface area contributed by atoms with Crippen molar-refractivity contribution in [3.63, 3.8) is 0 Å². The first-order chi connectivity index (χ1) is 8.63. The summed E-state index contributed by atoms with van der Waals surface area (Å²) in [6, 6.07) is 0.477. The third-order valence-electron chi connectivity index (χ3n) is 3.52. The summed E-state index contributed by atoms with van der Waals surface area (Å²) in [5.74, 6) is 0.587. The molecule has 1 heterocycles. The van der Waals surface area contributed by atoms with Crippen LogP contribution in [-0.4, -0.2) is 68.1 Å². The Bertz CT molecular complexity index is 251. The molecule has 1 atom stereocenters. The fraction of sp³-hybridized carbons (Fsp3) is 0.923. The van der Waals surface area contributed by atoms with Gasteiger partial charge in [-0.3, -0.25) is 9.89 Å². The fourth-order valence-electron chi connectivity index (χ4n) is 2.06. The second-order valence-electron chi connectivity index (χ2n) is 5.19. The standard InChI is InChI=1S/C13H29N5.HI/c1-4-5-6-15-13(14)16-11-12(2)18-9-7-17(3)8-10-18;/h12H,4-11H2,1-3H3,(H3,14,15,16);1H. The number of nitrogens with zero attached hydrogens (tertiary/aromatic N) is 3. The number of hydrogen-bond acceptors (Lipinski definition) is 3. The molecule has 5 nitrogen and oxygen atoms in total. The molecule has 1 unspecified atom stereocenters. The van der Waals surface area contributed by atoms with Gasteiger partial charge in [-0.1, -0.05) is 13.3 Å². The van der Waals surface area contributed by atoms with Gasteiger partial charge in [-0.2, -0.15) is 0 Å². The highest BCUT2D eigenvalue weighted by molar-refractivity contribution is 14.0. The molecule has 0 aliphatic carbocycles. The van der Waals surface area contributed by atoms with E-state index < -0.39 is 0 Å². The summed E-state index contributed by atoms with van der Waals surface area (Å²) in [5.41, 5.74) is 5.83. The van der Waals surface area contributed by atoms with Crippen LogP contribution in [0.15, 0.2) is 4.99 Å². The lowest BCUT2D eigenvalue weighted by molar-refractivity contribution is 0.122. The van der Waals surface area contributed by atoms with E-state index in [1.54, 1.807) is 0 Å². The highest BCUT2D eigenvalue weighted by Gasteiger charge is 2.18. The Balaban J connectivity index is 0.00000324. The number of likely N-dealkylation sites (N-methyl/N-ethyl adjacent to an activating group) is 1. The fourth-order valence-corrected chi connectivity index (χ4v) is 2.06. The van der Waals surface area contributed by atoms with Crippen molar-refractivity contribution in [2.24, 2.45) is 10.7 Å². The average Bonchev–Trinajstić information content (AvgIpc) is 2.37. The van der Waals surface area contributed by atoms with Gasteiger partial charge in [-0.15, -0.1) is 24.0 Å². The summed E-state index contributed by atoms with van der Waals surface area (Å²) in [6.45, 7) is 10.7. The molecular weight excluding hydrogens is 353 g/mol. The first-order valence-corrected chi connectivity index (χ1v) is 7.10. The first-order valence-electron chi connectivity index (χ1n) is 7.10. The van der Waals surface area contributed by atoms with Crippen LogP contribution in [0.3, 0.4) is 0 Å². The number of aliphatic imine (C=N–C) groups is 1. The van der Waals surface area contributed by atoms with Crippen LogP contribution >= 0.6 is 24.0 Å². The number of rotatable bonds is 6. The lowest BCUT2D eigenvalue weighted by Gasteiger charge is -2.35. The molecule has 3 N–H and O–H groups in total. The Labute approximate surface area is 135 Å². The molecule has 0 aromatic rings. The van der Waals surface area contributed by atoms with E-state index in [1.165, 1.54) is 6.42 Å². The van der Waals surface area contributed by atoms with Gasteiger partial charge in [-0.25, -0.2) is 0 Å². The van der Waals surface area contributed by atoms with Crippen molar-refractivity contribution < 1.29 is 0 Å². The lowest BCUT2D eigenvalue weighted by Crippen LogP contribution is -2.49. The van der Waals surface area contributed by atoms with Gasteiger partial charge in [0, 0.05) is 38.8 Å². The van der Waals surface area contributed by atoms with Crippen LogP contribution in [0.25, 0.3) is 0 Å². The van der Waals surface area contributed by atoms with Crippen LogP contribution < -0.4 is 11.1 Å². The molecule has 0 amide bonds. The van der Waals surface area contributed by atoms with Crippen molar-refractivity contribution in [1.29, 1.82) is 0 Å². The Morgan fingerprint density at radius 1 is 1.32 bits per heavy atom. The normalized spacial score (nSPS) is 19.8. The molecule has 0 aromatic carbocycles. The molecule has 114 valence electrons. The van der Waals surface area contributed by atoms with E-state index in [9.17, 15) is 0 Å². The number of halogens is 1. The van der Waals surface area contributed by atoms with Crippen molar-refractivity contribution in [2.75, 3.05) is 46.3 Å². The molecule has 0 bridgehead atoms. The van der Waals surface area contributed by atoms with E-state index in [4.69, 9.17) is 5.73 Å². The smallest absolute Gasteiger partial charge is 0.188 e. The lowest BCUT2D eigenvalue weighted by atomic mass is 10.2. The molecule has 0 spiro atoms. The van der Waals surface area contributed by atoms with Crippen LogP contribution in [0.1, 0.15) is 26.7 Å². The first kappa shape index (κ1) is 18.9. The van der Waals surface area contributed by atoms with Gasteiger partial charge in [0.15, 0.2) is 5.96 Å². The van der Waals surface area contributed by atoms with Crippen LogP contribution in [0.5, 0.6) is 0 Å². The molecule has 1 rings (SSSR count). The largest absolute Gasteiger partial charge is 0.370 e. The molecule has 0 radical (unpaired) electrons. The van der Waals surface area contributed by atoms with Gasteiger partial charge in [0.2, 0.25) is 0 Å². The number of nitrogens with one attached hydrogen (secondary N) is 1. The van der Waals surface area contributed by atoms with Crippen molar-refractivity contribution in [2.45, 2.75) is 32.7 Å². The molecule has 1 fully saturated rings. The predicted molar refractivity (Wildman–Crippen MR) is 93.3 cm³/mol. The van der Waals surface area contributed by atoms with Crippen molar-refractivity contribution in [3.05, 3.63) is 0 Å². The van der Waals surface area contributed by atoms with Gasteiger partial charge in [0.25, 0.3) is 0 Å². The molecule has 1 aliphatic rings. The van der Waals surface area contributed by atoms with Crippen LogP contribution in [-0.2, 0) is 0 Å². The molecule has 1 aliphatic heterocycles. The Kier molecular flexibility index (Phi) is 10.6. The average molecular weight is 383 g/mol. The highest BCUT2D eigenvalue weighted by Crippen LogP contribution is 2.04. The van der Waals surface area contributed by atoms with E-state index in [0.717, 1.165) is 45.7 Å². The maximum atomic E-state index is 5.83. The highest BCUT2D eigenvalue weighted by atomic mass is 127. The summed E-state index contributed by atoms with van der Waals surface area (Å²) in [5, 5.41) is 3.15. The Morgan fingerprint density at radius 3 is 2.53 bits per heavy atom. The number of nitrogens with two attached hydrogens (primary N) is 1. The number of unbranched alkanes of at least 4 members (excludes halogenated alkanes) is 1. The summed E-state index contributed by atoms with van der Waals surface area (Å²) in [4.78, 5) is 9.28. The second-order valence-corrected chi connectivity index (χ2v) is 5.19. The summed E-state index contributed by atoms with van der Waals surface area (Å²) in [6.07, 6.45) is 2.32.